The molecule has 27 heavy (non-hydrogen) atoms. The lowest BCUT2D eigenvalue weighted by molar-refractivity contribution is 0.402. The van der Waals surface area contributed by atoms with Crippen LogP contribution in [0.15, 0.2) is 53.5 Å². The van der Waals surface area contributed by atoms with Crippen LogP contribution in [-0.2, 0) is 18.5 Å². The lowest BCUT2D eigenvalue weighted by Crippen LogP contribution is -2.40. The number of rotatable bonds is 7. The van der Waals surface area contributed by atoms with Crippen LogP contribution >= 0.6 is 0 Å². The summed E-state index contributed by atoms with van der Waals surface area (Å²) in [6.07, 6.45) is 2.15. The Balaban J connectivity index is 1.51. The van der Waals surface area contributed by atoms with Crippen molar-refractivity contribution in [1.82, 2.24) is 15.5 Å². The van der Waals surface area contributed by atoms with Crippen molar-refractivity contribution in [3.8, 4) is 0 Å². The van der Waals surface area contributed by atoms with Crippen molar-refractivity contribution in [2.75, 3.05) is 27.7 Å². The van der Waals surface area contributed by atoms with Gasteiger partial charge in [-0.1, -0.05) is 36.4 Å². The molecule has 144 valence electrons. The van der Waals surface area contributed by atoms with E-state index in [-0.39, 0.29) is 11.2 Å². The minimum Gasteiger partial charge on any atom is -0.356 e. The molecule has 5 heteroatoms. The molecule has 1 aliphatic rings. The fourth-order valence-corrected chi connectivity index (χ4v) is 3.32. The Labute approximate surface area is 161 Å². The first kappa shape index (κ1) is 19.4. The molecule has 0 spiro atoms. The van der Waals surface area contributed by atoms with E-state index in [1.165, 1.54) is 17.2 Å². The van der Waals surface area contributed by atoms with Gasteiger partial charge in [-0.3, -0.25) is 4.99 Å². The average Bonchev–Trinajstić information content (AvgIpc) is 3.44. The molecule has 0 aromatic heterocycles. The highest BCUT2D eigenvalue weighted by Gasteiger charge is 2.44. The second-order valence-corrected chi connectivity index (χ2v) is 7.62. The molecular formula is C22H29FN4. The lowest BCUT2D eigenvalue weighted by Gasteiger charge is -2.19. The fraction of sp³-hybridized carbons (Fsp3) is 0.409. The van der Waals surface area contributed by atoms with Crippen LogP contribution in [0.4, 0.5) is 4.39 Å². The number of guanidine groups is 1. The third-order valence-electron chi connectivity index (χ3n) is 5.09. The molecule has 1 saturated carbocycles. The van der Waals surface area contributed by atoms with Gasteiger partial charge in [-0.15, -0.1) is 0 Å². The van der Waals surface area contributed by atoms with Crippen molar-refractivity contribution in [2.45, 2.75) is 31.3 Å². The van der Waals surface area contributed by atoms with Crippen molar-refractivity contribution in [3.63, 3.8) is 0 Å². The predicted octanol–water partition coefficient (Wildman–Crippen LogP) is 3.28. The summed E-state index contributed by atoms with van der Waals surface area (Å²) in [6, 6.07) is 15.6. The van der Waals surface area contributed by atoms with Gasteiger partial charge >= 0.3 is 0 Å². The zero-order valence-electron chi connectivity index (χ0n) is 16.4. The van der Waals surface area contributed by atoms with Gasteiger partial charge in [0.2, 0.25) is 0 Å². The quantitative estimate of drug-likeness (QED) is 0.582. The van der Waals surface area contributed by atoms with Crippen LogP contribution in [0, 0.1) is 5.82 Å². The summed E-state index contributed by atoms with van der Waals surface area (Å²) in [5.74, 6) is 0.606. The second-order valence-electron chi connectivity index (χ2n) is 7.62. The molecule has 1 aliphatic carbocycles. The molecule has 0 radical (unpaired) electrons. The summed E-state index contributed by atoms with van der Waals surface area (Å²) < 4.78 is 13.5. The Kier molecular flexibility index (Phi) is 6.11. The van der Waals surface area contributed by atoms with E-state index >= 15 is 0 Å². The number of benzene rings is 2. The maximum absolute atomic E-state index is 13.5. The summed E-state index contributed by atoms with van der Waals surface area (Å²) in [6.45, 7) is 2.42. The minimum absolute atomic E-state index is 0.0353. The van der Waals surface area contributed by atoms with Gasteiger partial charge in [-0.05, 0) is 55.8 Å². The van der Waals surface area contributed by atoms with Crippen molar-refractivity contribution >= 4 is 5.96 Å². The zero-order chi connectivity index (χ0) is 19.3. The van der Waals surface area contributed by atoms with Crippen LogP contribution in [0.2, 0.25) is 0 Å². The van der Waals surface area contributed by atoms with E-state index in [0.29, 0.717) is 0 Å². The van der Waals surface area contributed by atoms with Crippen molar-refractivity contribution < 1.29 is 4.39 Å². The van der Waals surface area contributed by atoms with Crippen molar-refractivity contribution in [3.05, 3.63) is 71.0 Å². The van der Waals surface area contributed by atoms with Gasteiger partial charge in [-0.2, -0.15) is 0 Å². The molecule has 0 heterocycles. The summed E-state index contributed by atoms with van der Waals surface area (Å²) in [7, 11) is 5.92. The van der Waals surface area contributed by atoms with E-state index < -0.39 is 0 Å². The Bertz CT molecular complexity index is 779. The van der Waals surface area contributed by atoms with Gasteiger partial charge in [-0.25, -0.2) is 4.39 Å². The molecule has 0 atom stereocenters. The first-order valence-electron chi connectivity index (χ1n) is 9.44. The minimum atomic E-state index is -0.168. The summed E-state index contributed by atoms with van der Waals surface area (Å²) in [5, 5.41) is 6.77. The largest absolute Gasteiger partial charge is 0.356 e. The van der Waals surface area contributed by atoms with E-state index in [1.807, 2.05) is 6.07 Å². The predicted molar refractivity (Wildman–Crippen MR) is 109 cm³/mol. The van der Waals surface area contributed by atoms with Crippen LogP contribution in [0.5, 0.6) is 0 Å². The first-order chi connectivity index (χ1) is 13.0. The Hall–Kier alpha value is -2.40. The molecule has 4 nitrogen and oxygen atoms in total. The highest BCUT2D eigenvalue weighted by Crippen LogP contribution is 2.47. The van der Waals surface area contributed by atoms with E-state index in [2.05, 4.69) is 58.9 Å². The Morgan fingerprint density at radius 1 is 1.07 bits per heavy atom. The van der Waals surface area contributed by atoms with E-state index in [1.54, 1.807) is 19.2 Å². The smallest absolute Gasteiger partial charge is 0.191 e. The van der Waals surface area contributed by atoms with Gasteiger partial charge in [0.1, 0.15) is 5.82 Å². The summed E-state index contributed by atoms with van der Waals surface area (Å²) in [4.78, 5) is 6.47. The highest BCUT2D eigenvalue weighted by atomic mass is 19.1. The standard InChI is InChI=1S/C22H29FN4/c1-24-21(25-14-17-7-9-18(10-8-17)15-27(2)3)26-16-22(11-12-22)19-5-4-6-20(23)13-19/h4-10,13H,11-12,14-16H2,1-3H3,(H2,24,25,26). The SMILES string of the molecule is CN=C(NCc1ccc(CN(C)C)cc1)NCC1(c2cccc(F)c2)CC1. The number of nitrogens with zero attached hydrogens (tertiary/aromatic N) is 2. The molecule has 0 saturated heterocycles. The maximum Gasteiger partial charge on any atom is 0.191 e. The van der Waals surface area contributed by atoms with Crippen LogP contribution < -0.4 is 10.6 Å². The average molecular weight is 369 g/mol. The number of hydrogen-bond donors (Lipinski definition) is 2. The molecule has 0 amide bonds. The molecule has 1 fully saturated rings. The van der Waals surface area contributed by atoms with Gasteiger partial charge in [0.15, 0.2) is 5.96 Å². The van der Waals surface area contributed by atoms with Gasteiger partial charge < -0.3 is 15.5 Å². The first-order valence-corrected chi connectivity index (χ1v) is 9.44. The molecule has 2 aromatic carbocycles. The lowest BCUT2D eigenvalue weighted by atomic mass is 9.96. The molecular weight excluding hydrogens is 339 g/mol. The molecule has 2 aromatic rings. The van der Waals surface area contributed by atoms with Gasteiger partial charge in [0, 0.05) is 32.1 Å². The van der Waals surface area contributed by atoms with Crippen LogP contribution in [0.3, 0.4) is 0 Å². The Morgan fingerprint density at radius 3 is 2.37 bits per heavy atom. The Morgan fingerprint density at radius 2 is 1.78 bits per heavy atom. The maximum atomic E-state index is 13.5. The third kappa shape index (κ3) is 5.30. The number of nitrogens with one attached hydrogen (secondary N) is 2. The van der Waals surface area contributed by atoms with Crippen LogP contribution in [0.25, 0.3) is 0 Å². The third-order valence-corrected chi connectivity index (χ3v) is 5.09. The molecule has 2 N–H and O–H groups in total. The monoisotopic (exact) mass is 368 g/mol. The van der Waals surface area contributed by atoms with Gasteiger partial charge in [0.05, 0.1) is 0 Å². The molecule has 0 unspecified atom stereocenters. The normalized spacial score (nSPS) is 15.7. The van der Waals surface area contributed by atoms with Crippen LogP contribution in [-0.4, -0.2) is 38.5 Å². The number of halogens is 1. The molecule has 3 rings (SSSR count). The van der Waals surface area contributed by atoms with Crippen molar-refractivity contribution in [2.24, 2.45) is 4.99 Å². The number of hydrogen-bond acceptors (Lipinski definition) is 2. The number of aliphatic imine (C=N–C) groups is 1. The zero-order valence-corrected chi connectivity index (χ0v) is 16.4. The second kappa shape index (κ2) is 8.53. The van der Waals surface area contributed by atoms with E-state index in [9.17, 15) is 4.39 Å². The molecule has 0 aliphatic heterocycles. The summed E-state index contributed by atoms with van der Waals surface area (Å²) >= 11 is 0. The molecule has 0 bridgehead atoms. The van der Waals surface area contributed by atoms with E-state index in [4.69, 9.17) is 0 Å². The highest BCUT2D eigenvalue weighted by molar-refractivity contribution is 5.79. The topological polar surface area (TPSA) is 39.7 Å². The summed E-state index contributed by atoms with van der Waals surface area (Å²) in [5.41, 5.74) is 3.62. The van der Waals surface area contributed by atoms with E-state index in [0.717, 1.165) is 44.0 Å². The van der Waals surface area contributed by atoms with Crippen molar-refractivity contribution in [1.29, 1.82) is 0 Å². The fourth-order valence-electron chi connectivity index (χ4n) is 3.32. The van der Waals surface area contributed by atoms with Crippen LogP contribution in [0.1, 0.15) is 29.5 Å². The van der Waals surface area contributed by atoms with Gasteiger partial charge in [0.25, 0.3) is 0 Å².